The number of aromatic nitrogens is 4. The van der Waals surface area contributed by atoms with E-state index in [9.17, 15) is 13.2 Å². The lowest BCUT2D eigenvalue weighted by Crippen LogP contribution is -2.14. The summed E-state index contributed by atoms with van der Waals surface area (Å²) in [6.45, 7) is 0. The summed E-state index contributed by atoms with van der Waals surface area (Å²) in [4.78, 5) is 13.8. The fraction of sp³-hybridized carbons (Fsp3) is 0.364. The van der Waals surface area contributed by atoms with Gasteiger partial charge in [0.15, 0.2) is 9.84 Å². The molecule has 8 nitrogen and oxygen atoms in total. The molecule has 3 aromatic rings. The maximum atomic E-state index is 13.1. The first-order valence-electron chi connectivity index (χ1n) is 10.5. The predicted molar refractivity (Wildman–Crippen MR) is 123 cm³/mol. The average molecular weight is 472 g/mol. The lowest BCUT2D eigenvalue weighted by Gasteiger charge is -2.22. The molecule has 0 atom stereocenters. The van der Waals surface area contributed by atoms with Gasteiger partial charge in [-0.2, -0.15) is 0 Å². The van der Waals surface area contributed by atoms with E-state index in [2.05, 4.69) is 33.0 Å². The van der Waals surface area contributed by atoms with Crippen LogP contribution in [0.4, 0.5) is 5.69 Å². The lowest BCUT2D eigenvalue weighted by atomic mass is 9.84. The van der Waals surface area contributed by atoms with Crippen LogP contribution >= 0.6 is 11.8 Å². The highest BCUT2D eigenvalue weighted by molar-refractivity contribution is 7.99. The van der Waals surface area contributed by atoms with Gasteiger partial charge in [-0.15, -0.1) is 5.10 Å². The van der Waals surface area contributed by atoms with Crippen LogP contribution in [0.5, 0.6) is 0 Å². The molecule has 168 valence electrons. The monoisotopic (exact) mass is 471 g/mol. The van der Waals surface area contributed by atoms with Crippen LogP contribution in [0.3, 0.4) is 0 Å². The SMILES string of the molecule is Cn1nnnc1Sc1ccc(S(C)(=O)=O)cc1C(=O)Nc1ccc(C2CCCCC2)cc1. The molecule has 4 rings (SSSR count). The standard InChI is InChI=1S/C22H25N5O3S2/c1-27-22(24-25-26-27)31-20-13-12-18(32(2,29)30)14-19(20)21(28)23-17-10-8-16(9-11-17)15-6-4-3-5-7-15/h8-15H,3-7H2,1-2H3,(H,23,28). The summed E-state index contributed by atoms with van der Waals surface area (Å²) < 4.78 is 25.6. The summed E-state index contributed by atoms with van der Waals surface area (Å²) in [6.07, 6.45) is 7.38. The van der Waals surface area contributed by atoms with Crippen LogP contribution in [-0.2, 0) is 16.9 Å². The van der Waals surface area contributed by atoms with Gasteiger partial charge in [-0.25, -0.2) is 13.1 Å². The van der Waals surface area contributed by atoms with Crippen molar-refractivity contribution in [2.24, 2.45) is 7.05 Å². The third-order valence-electron chi connectivity index (χ3n) is 5.65. The maximum absolute atomic E-state index is 13.1. The van der Waals surface area contributed by atoms with Gasteiger partial charge in [-0.05, 0) is 76.8 Å². The van der Waals surface area contributed by atoms with E-state index in [1.54, 1.807) is 13.1 Å². The first-order chi connectivity index (χ1) is 15.3. The third-order valence-corrected chi connectivity index (χ3v) is 7.87. The number of benzene rings is 2. The number of anilines is 1. The molecule has 1 saturated carbocycles. The molecule has 2 aromatic carbocycles. The second kappa shape index (κ2) is 9.41. The summed E-state index contributed by atoms with van der Waals surface area (Å²) in [5.41, 5.74) is 2.21. The first-order valence-corrected chi connectivity index (χ1v) is 13.2. The Labute approximate surface area is 191 Å². The second-order valence-corrected chi connectivity index (χ2v) is 11.1. The lowest BCUT2D eigenvalue weighted by molar-refractivity contribution is 0.102. The Morgan fingerprint density at radius 3 is 2.44 bits per heavy atom. The number of rotatable bonds is 6. The number of sulfone groups is 1. The van der Waals surface area contributed by atoms with Crippen molar-refractivity contribution in [3.05, 3.63) is 53.6 Å². The van der Waals surface area contributed by atoms with Gasteiger partial charge < -0.3 is 5.32 Å². The zero-order valence-electron chi connectivity index (χ0n) is 18.0. The van der Waals surface area contributed by atoms with Gasteiger partial charge in [0.1, 0.15) is 0 Å². The molecule has 1 heterocycles. The van der Waals surface area contributed by atoms with E-state index in [0.29, 0.717) is 21.7 Å². The van der Waals surface area contributed by atoms with Crippen molar-refractivity contribution in [1.29, 1.82) is 0 Å². The molecule has 10 heteroatoms. The van der Waals surface area contributed by atoms with Gasteiger partial charge >= 0.3 is 0 Å². The molecular formula is C22H25N5O3S2. The number of nitrogens with zero attached hydrogens (tertiary/aromatic N) is 4. The second-order valence-electron chi connectivity index (χ2n) is 8.03. The van der Waals surface area contributed by atoms with E-state index in [0.717, 1.165) is 6.26 Å². The number of tetrazole rings is 1. The minimum absolute atomic E-state index is 0.0794. The zero-order valence-corrected chi connectivity index (χ0v) is 19.6. The Kier molecular flexibility index (Phi) is 6.61. The molecule has 1 aliphatic carbocycles. The Bertz CT molecular complexity index is 1220. The quantitative estimate of drug-likeness (QED) is 0.577. The zero-order chi connectivity index (χ0) is 22.7. The third kappa shape index (κ3) is 5.18. The molecule has 0 radical (unpaired) electrons. The first kappa shape index (κ1) is 22.5. The van der Waals surface area contributed by atoms with Crippen molar-refractivity contribution in [3.8, 4) is 0 Å². The van der Waals surface area contributed by atoms with Crippen molar-refractivity contribution < 1.29 is 13.2 Å². The van der Waals surface area contributed by atoms with Crippen molar-refractivity contribution in [3.63, 3.8) is 0 Å². The molecule has 1 aromatic heterocycles. The number of hydrogen-bond acceptors (Lipinski definition) is 7. The van der Waals surface area contributed by atoms with Gasteiger partial charge in [0.2, 0.25) is 5.16 Å². The highest BCUT2D eigenvalue weighted by Gasteiger charge is 2.20. The Morgan fingerprint density at radius 2 is 1.81 bits per heavy atom. The van der Waals surface area contributed by atoms with Crippen LogP contribution in [0.15, 0.2) is 57.4 Å². The maximum Gasteiger partial charge on any atom is 0.256 e. The van der Waals surface area contributed by atoms with Gasteiger partial charge in [0.25, 0.3) is 5.91 Å². The Balaban J connectivity index is 1.59. The van der Waals surface area contributed by atoms with E-state index in [1.165, 1.54) is 66.2 Å². The van der Waals surface area contributed by atoms with E-state index >= 15 is 0 Å². The summed E-state index contributed by atoms with van der Waals surface area (Å²) in [7, 11) is -1.78. The number of carbonyl (C=O) groups is 1. The molecule has 1 fully saturated rings. The molecule has 0 aliphatic heterocycles. The van der Waals surface area contributed by atoms with Gasteiger partial charge in [-0.3, -0.25) is 4.79 Å². The van der Waals surface area contributed by atoms with Crippen LogP contribution in [0.2, 0.25) is 0 Å². The number of carbonyl (C=O) groups excluding carboxylic acids is 1. The number of nitrogens with one attached hydrogen (secondary N) is 1. The van der Waals surface area contributed by atoms with Gasteiger partial charge in [-0.1, -0.05) is 31.4 Å². The van der Waals surface area contributed by atoms with E-state index in [-0.39, 0.29) is 10.5 Å². The van der Waals surface area contributed by atoms with E-state index in [1.807, 2.05) is 12.1 Å². The molecule has 32 heavy (non-hydrogen) atoms. The Morgan fingerprint density at radius 1 is 1.09 bits per heavy atom. The average Bonchev–Trinajstić information content (AvgIpc) is 3.18. The molecule has 0 unspecified atom stereocenters. The van der Waals surface area contributed by atoms with Gasteiger partial charge in [0, 0.05) is 23.9 Å². The predicted octanol–water partition coefficient (Wildman–Crippen LogP) is 4.06. The molecule has 0 spiro atoms. The minimum Gasteiger partial charge on any atom is -0.322 e. The molecule has 0 saturated heterocycles. The van der Waals surface area contributed by atoms with Crippen molar-refractivity contribution in [1.82, 2.24) is 20.2 Å². The van der Waals surface area contributed by atoms with Crippen LogP contribution < -0.4 is 5.32 Å². The van der Waals surface area contributed by atoms with Crippen molar-refractivity contribution in [2.75, 3.05) is 11.6 Å². The largest absolute Gasteiger partial charge is 0.322 e. The number of hydrogen-bond donors (Lipinski definition) is 1. The summed E-state index contributed by atoms with van der Waals surface area (Å²) in [5, 5.41) is 14.7. The van der Waals surface area contributed by atoms with Crippen molar-refractivity contribution >= 4 is 33.2 Å². The van der Waals surface area contributed by atoms with Crippen LogP contribution in [0.1, 0.15) is 53.9 Å². The molecule has 1 aliphatic rings. The van der Waals surface area contributed by atoms with E-state index in [4.69, 9.17) is 0 Å². The molecular weight excluding hydrogens is 446 g/mol. The smallest absolute Gasteiger partial charge is 0.256 e. The summed E-state index contributed by atoms with van der Waals surface area (Å²) in [6, 6.07) is 12.4. The van der Waals surface area contributed by atoms with Crippen LogP contribution in [0.25, 0.3) is 0 Å². The Hall–Kier alpha value is -2.72. The van der Waals surface area contributed by atoms with Gasteiger partial charge in [0.05, 0.1) is 10.5 Å². The van der Waals surface area contributed by atoms with E-state index < -0.39 is 15.7 Å². The minimum atomic E-state index is -3.47. The highest BCUT2D eigenvalue weighted by Crippen LogP contribution is 2.34. The summed E-state index contributed by atoms with van der Waals surface area (Å²) >= 11 is 1.20. The van der Waals surface area contributed by atoms with Crippen LogP contribution in [0, 0.1) is 0 Å². The normalized spacial score (nSPS) is 14.9. The molecule has 0 bridgehead atoms. The molecule has 1 amide bonds. The highest BCUT2D eigenvalue weighted by atomic mass is 32.2. The number of amides is 1. The number of aryl methyl sites for hydroxylation is 1. The van der Waals surface area contributed by atoms with Crippen LogP contribution in [-0.4, -0.2) is 40.8 Å². The fourth-order valence-corrected chi connectivity index (χ4v) is 5.37. The van der Waals surface area contributed by atoms with Crippen molar-refractivity contribution in [2.45, 2.75) is 53.0 Å². The topological polar surface area (TPSA) is 107 Å². The summed E-state index contributed by atoms with van der Waals surface area (Å²) in [5.74, 6) is 0.196. The molecule has 1 N–H and O–H groups in total. The fourth-order valence-electron chi connectivity index (χ4n) is 3.89.